The molecule has 0 amide bonds. The van der Waals surface area contributed by atoms with Crippen molar-refractivity contribution in [1.82, 2.24) is 9.97 Å². The van der Waals surface area contributed by atoms with E-state index in [0.29, 0.717) is 5.82 Å². The Balaban J connectivity index is 0.00000133. The first-order valence-electron chi connectivity index (χ1n) is 6.21. The molecule has 2 aromatic heterocycles. The molecular weight excluding hydrogens is 260 g/mol. The van der Waals surface area contributed by atoms with Crippen LogP contribution in [0.3, 0.4) is 0 Å². The molecular formula is C14H17ClN4. The van der Waals surface area contributed by atoms with E-state index in [4.69, 9.17) is 5.73 Å². The lowest BCUT2D eigenvalue weighted by atomic mass is 10.0. The van der Waals surface area contributed by atoms with E-state index in [1.807, 2.05) is 19.1 Å². The average molecular weight is 277 g/mol. The van der Waals surface area contributed by atoms with Crippen molar-refractivity contribution in [3.63, 3.8) is 0 Å². The molecule has 0 fully saturated rings. The molecule has 0 saturated carbocycles. The summed E-state index contributed by atoms with van der Waals surface area (Å²) in [5.74, 6) is 0.576. The molecule has 3 heterocycles. The molecule has 4 nitrogen and oxygen atoms in total. The van der Waals surface area contributed by atoms with Crippen LogP contribution in [0.4, 0.5) is 11.5 Å². The van der Waals surface area contributed by atoms with Gasteiger partial charge in [0.15, 0.2) is 0 Å². The highest BCUT2D eigenvalue weighted by atomic mass is 35.5. The van der Waals surface area contributed by atoms with Gasteiger partial charge in [0.25, 0.3) is 0 Å². The van der Waals surface area contributed by atoms with E-state index in [9.17, 15) is 0 Å². The maximum atomic E-state index is 6.03. The van der Waals surface area contributed by atoms with Gasteiger partial charge in [0.2, 0.25) is 0 Å². The van der Waals surface area contributed by atoms with E-state index in [1.165, 1.54) is 5.56 Å². The molecule has 0 aliphatic carbocycles. The highest BCUT2D eigenvalue weighted by molar-refractivity contribution is 5.85. The number of hydrogen-bond acceptors (Lipinski definition) is 4. The summed E-state index contributed by atoms with van der Waals surface area (Å²) in [6.07, 6.45) is 3.98. The fourth-order valence-electron chi connectivity index (χ4n) is 2.39. The second-order valence-corrected chi connectivity index (χ2v) is 4.63. The summed E-state index contributed by atoms with van der Waals surface area (Å²) < 4.78 is 0. The van der Waals surface area contributed by atoms with Crippen molar-refractivity contribution in [2.24, 2.45) is 0 Å². The van der Waals surface area contributed by atoms with Crippen molar-refractivity contribution in [2.45, 2.75) is 19.8 Å². The van der Waals surface area contributed by atoms with E-state index in [-0.39, 0.29) is 12.4 Å². The molecule has 5 heteroatoms. The summed E-state index contributed by atoms with van der Waals surface area (Å²) in [6.45, 7) is 3.01. The van der Waals surface area contributed by atoms with Crippen LogP contribution in [0.15, 0.2) is 24.4 Å². The number of hydrogen-bond donors (Lipinski definition) is 2. The Labute approximate surface area is 118 Å². The number of aryl methyl sites for hydroxylation is 2. The molecule has 100 valence electrons. The van der Waals surface area contributed by atoms with Crippen LogP contribution in [-0.2, 0) is 6.42 Å². The highest BCUT2D eigenvalue weighted by Gasteiger charge is 2.15. The molecule has 0 radical (unpaired) electrons. The highest BCUT2D eigenvalue weighted by Crippen LogP contribution is 2.31. The zero-order chi connectivity index (χ0) is 12.5. The molecule has 1 aliphatic rings. The number of nitrogen functional groups attached to an aromatic ring is 1. The van der Waals surface area contributed by atoms with Gasteiger partial charge in [-0.05, 0) is 43.0 Å². The number of nitrogens with one attached hydrogen (secondary N) is 1. The van der Waals surface area contributed by atoms with Gasteiger partial charge in [0.05, 0.1) is 17.1 Å². The maximum Gasteiger partial charge on any atom is 0.147 e. The fourth-order valence-corrected chi connectivity index (χ4v) is 2.39. The van der Waals surface area contributed by atoms with Crippen LogP contribution in [0.5, 0.6) is 0 Å². The Kier molecular flexibility index (Phi) is 3.90. The van der Waals surface area contributed by atoms with Gasteiger partial charge in [-0.25, -0.2) is 4.98 Å². The molecule has 19 heavy (non-hydrogen) atoms. The number of anilines is 2. The van der Waals surface area contributed by atoms with Gasteiger partial charge in [-0.3, -0.25) is 4.98 Å². The third kappa shape index (κ3) is 2.49. The van der Waals surface area contributed by atoms with Crippen molar-refractivity contribution in [1.29, 1.82) is 0 Å². The van der Waals surface area contributed by atoms with Crippen molar-refractivity contribution >= 4 is 23.9 Å². The van der Waals surface area contributed by atoms with Crippen molar-refractivity contribution in [3.05, 3.63) is 35.5 Å². The van der Waals surface area contributed by atoms with E-state index in [0.717, 1.165) is 42.0 Å². The second-order valence-electron chi connectivity index (χ2n) is 4.63. The van der Waals surface area contributed by atoms with Crippen LogP contribution in [-0.4, -0.2) is 16.5 Å². The molecule has 2 aromatic rings. The summed E-state index contributed by atoms with van der Waals surface area (Å²) >= 11 is 0. The summed E-state index contributed by atoms with van der Waals surface area (Å²) in [6, 6.07) is 6.08. The lowest BCUT2D eigenvalue weighted by molar-refractivity contribution is 0.828. The van der Waals surface area contributed by atoms with Gasteiger partial charge in [-0.1, -0.05) is 6.07 Å². The van der Waals surface area contributed by atoms with Crippen molar-refractivity contribution < 1.29 is 0 Å². The molecule has 0 atom stereocenters. The quantitative estimate of drug-likeness (QED) is 0.841. The Bertz CT molecular complexity index is 598. The zero-order valence-electron chi connectivity index (χ0n) is 10.8. The number of aromatic nitrogens is 2. The average Bonchev–Trinajstić information content (AvgIpc) is 2.39. The lowest BCUT2D eigenvalue weighted by Crippen LogP contribution is -2.15. The number of nitrogens with two attached hydrogens (primary N) is 1. The lowest BCUT2D eigenvalue weighted by Gasteiger charge is -2.20. The van der Waals surface area contributed by atoms with E-state index in [2.05, 4.69) is 21.4 Å². The third-order valence-electron chi connectivity index (χ3n) is 3.31. The summed E-state index contributed by atoms with van der Waals surface area (Å²) in [5.41, 5.74) is 11.2. The number of fused-ring (bicyclic) bond motifs is 1. The van der Waals surface area contributed by atoms with Gasteiger partial charge in [0, 0.05) is 12.7 Å². The van der Waals surface area contributed by atoms with Gasteiger partial charge in [-0.2, -0.15) is 0 Å². The number of halogens is 1. The predicted molar refractivity (Wildman–Crippen MR) is 80.7 cm³/mol. The van der Waals surface area contributed by atoms with E-state index >= 15 is 0 Å². The molecule has 3 N–H and O–H groups in total. The minimum Gasteiger partial charge on any atom is -0.382 e. The normalized spacial score (nSPS) is 13.1. The molecule has 1 aliphatic heterocycles. The van der Waals surface area contributed by atoms with E-state index < -0.39 is 0 Å². The van der Waals surface area contributed by atoms with Crippen LogP contribution in [0.25, 0.3) is 11.4 Å². The molecule has 3 rings (SSSR count). The van der Waals surface area contributed by atoms with Crippen molar-refractivity contribution in [2.75, 3.05) is 17.6 Å². The third-order valence-corrected chi connectivity index (χ3v) is 3.31. The minimum atomic E-state index is 0. The number of rotatable bonds is 1. The first-order chi connectivity index (χ1) is 8.75. The van der Waals surface area contributed by atoms with Gasteiger partial charge in [0.1, 0.15) is 5.82 Å². The van der Waals surface area contributed by atoms with Crippen LogP contribution in [0, 0.1) is 6.92 Å². The monoisotopic (exact) mass is 276 g/mol. The van der Waals surface area contributed by atoms with Gasteiger partial charge < -0.3 is 11.1 Å². The van der Waals surface area contributed by atoms with Gasteiger partial charge >= 0.3 is 0 Å². The molecule has 0 unspecified atom stereocenters. The standard InChI is InChI=1S/C14H16N4.ClH/c1-9-4-2-6-16-12(9)11-8-10-5-3-7-17-13(10)14(15)18-11;/h2,4,6,8,17H,3,5,7H2,1H3,(H2,15,18);1H. The minimum absolute atomic E-state index is 0. The molecule has 0 spiro atoms. The van der Waals surface area contributed by atoms with Crippen LogP contribution in [0.2, 0.25) is 0 Å². The molecule has 0 aromatic carbocycles. The first kappa shape index (κ1) is 13.6. The van der Waals surface area contributed by atoms with Gasteiger partial charge in [-0.15, -0.1) is 12.4 Å². The Morgan fingerprint density at radius 2 is 2.21 bits per heavy atom. The number of nitrogens with zero attached hydrogens (tertiary/aromatic N) is 2. The van der Waals surface area contributed by atoms with Crippen LogP contribution < -0.4 is 11.1 Å². The second kappa shape index (κ2) is 5.45. The Morgan fingerprint density at radius 1 is 1.37 bits per heavy atom. The Morgan fingerprint density at radius 3 is 3.00 bits per heavy atom. The summed E-state index contributed by atoms with van der Waals surface area (Å²) in [5, 5.41) is 3.32. The Hall–Kier alpha value is -1.81. The summed E-state index contributed by atoms with van der Waals surface area (Å²) in [4.78, 5) is 8.87. The first-order valence-corrected chi connectivity index (χ1v) is 6.21. The largest absolute Gasteiger partial charge is 0.382 e. The van der Waals surface area contributed by atoms with E-state index in [1.54, 1.807) is 6.20 Å². The predicted octanol–water partition coefficient (Wildman–Crippen LogP) is 2.81. The zero-order valence-corrected chi connectivity index (χ0v) is 11.6. The topological polar surface area (TPSA) is 63.8 Å². The van der Waals surface area contributed by atoms with Crippen LogP contribution in [0.1, 0.15) is 17.5 Å². The molecule has 0 bridgehead atoms. The smallest absolute Gasteiger partial charge is 0.147 e. The van der Waals surface area contributed by atoms with Crippen molar-refractivity contribution in [3.8, 4) is 11.4 Å². The fraction of sp³-hybridized carbons (Fsp3) is 0.286. The molecule has 0 saturated heterocycles. The maximum absolute atomic E-state index is 6.03. The summed E-state index contributed by atoms with van der Waals surface area (Å²) in [7, 11) is 0. The SMILES string of the molecule is Cc1cccnc1-c1cc2c(c(N)n1)NCCC2.Cl. The number of pyridine rings is 2. The van der Waals surface area contributed by atoms with Crippen LogP contribution >= 0.6 is 12.4 Å².